The molecule has 0 saturated carbocycles. The largest absolute Gasteiger partial charge is 0.392 e. The molecule has 2 rings (SSSR count). The molecule has 0 aliphatic heterocycles. The SMILES string of the molecule is N#Cc1cc(F)c(CNCc2cccc(CO)c2)c(F)c1. The van der Waals surface area contributed by atoms with Gasteiger partial charge in [0.05, 0.1) is 18.2 Å². The molecule has 0 heterocycles. The van der Waals surface area contributed by atoms with Gasteiger partial charge >= 0.3 is 0 Å². The highest BCUT2D eigenvalue weighted by molar-refractivity contribution is 5.34. The van der Waals surface area contributed by atoms with Crippen molar-refractivity contribution in [2.24, 2.45) is 0 Å². The molecule has 0 aliphatic carbocycles. The van der Waals surface area contributed by atoms with Crippen LogP contribution < -0.4 is 5.32 Å². The van der Waals surface area contributed by atoms with Crippen LogP contribution in [0.4, 0.5) is 8.78 Å². The Labute approximate surface area is 121 Å². The molecule has 2 aromatic rings. The van der Waals surface area contributed by atoms with Gasteiger partial charge in [-0.3, -0.25) is 0 Å². The van der Waals surface area contributed by atoms with Gasteiger partial charge in [0.25, 0.3) is 0 Å². The van der Waals surface area contributed by atoms with Crippen molar-refractivity contribution < 1.29 is 13.9 Å². The Morgan fingerprint density at radius 3 is 2.33 bits per heavy atom. The minimum atomic E-state index is -0.733. The third kappa shape index (κ3) is 3.85. The van der Waals surface area contributed by atoms with Crippen molar-refractivity contribution in [2.75, 3.05) is 0 Å². The Morgan fingerprint density at radius 2 is 1.71 bits per heavy atom. The maximum Gasteiger partial charge on any atom is 0.131 e. The molecule has 2 aromatic carbocycles. The standard InChI is InChI=1S/C16H14F2N2O/c17-15-5-13(7-19)6-16(18)14(15)9-20-8-11-2-1-3-12(4-11)10-21/h1-6,20-21H,8-10H2. The number of benzene rings is 2. The summed E-state index contributed by atoms with van der Waals surface area (Å²) < 4.78 is 27.4. The summed E-state index contributed by atoms with van der Waals surface area (Å²) in [4.78, 5) is 0. The molecular formula is C16H14F2N2O. The fourth-order valence-corrected chi connectivity index (χ4v) is 2.01. The van der Waals surface area contributed by atoms with Crippen LogP contribution in [0.1, 0.15) is 22.3 Å². The summed E-state index contributed by atoms with van der Waals surface area (Å²) >= 11 is 0. The normalized spacial score (nSPS) is 10.4. The second-order valence-electron chi connectivity index (χ2n) is 4.61. The topological polar surface area (TPSA) is 56.0 Å². The molecule has 0 saturated heterocycles. The number of nitrogens with zero attached hydrogens (tertiary/aromatic N) is 1. The van der Waals surface area contributed by atoms with E-state index in [1.165, 1.54) is 0 Å². The number of hydrogen-bond donors (Lipinski definition) is 2. The van der Waals surface area contributed by atoms with E-state index in [1.54, 1.807) is 12.1 Å². The first-order valence-electron chi connectivity index (χ1n) is 6.41. The molecule has 0 fully saturated rings. The third-order valence-electron chi connectivity index (χ3n) is 3.08. The zero-order chi connectivity index (χ0) is 15.2. The van der Waals surface area contributed by atoms with Gasteiger partial charge < -0.3 is 10.4 Å². The molecule has 0 unspecified atom stereocenters. The van der Waals surface area contributed by atoms with Gasteiger partial charge in [0.15, 0.2) is 0 Å². The average molecular weight is 288 g/mol. The zero-order valence-corrected chi connectivity index (χ0v) is 11.2. The minimum Gasteiger partial charge on any atom is -0.392 e. The fraction of sp³-hybridized carbons (Fsp3) is 0.188. The number of aliphatic hydroxyl groups excluding tert-OH is 1. The summed E-state index contributed by atoms with van der Waals surface area (Å²) in [5.74, 6) is -1.47. The van der Waals surface area contributed by atoms with E-state index < -0.39 is 11.6 Å². The second-order valence-corrected chi connectivity index (χ2v) is 4.61. The van der Waals surface area contributed by atoms with E-state index in [0.717, 1.165) is 23.3 Å². The van der Waals surface area contributed by atoms with Gasteiger partial charge in [-0.05, 0) is 23.3 Å². The fourth-order valence-electron chi connectivity index (χ4n) is 2.01. The molecule has 0 aliphatic rings. The van der Waals surface area contributed by atoms with E-state index in [-0.39, 0.29) is 24.3 Å². The highest BCUT2D eigenvalue weighted by Gasteiger charge is 2.10. The molecule has 2 N–H and O–H groups in total. The molecule has 21 heavy (non-hydrogen) atoms. The number of aliphatic hydroxyl groups is 1. The van der Waals surface area contributed by atoms with Gasteiger partial charge in [0, 0.05) is 18.7 Å². The lowest BCUT2D eigenvalue weighted by Crippen LogP contribution is -2.15. The Kier molecular flexibility index (Phi) is 4.99. The van der Waals surface area contributed by atoms with Crippen LogP contribution in [0, 0.1) is 23.0 Å². The van der Waals surface area contributed by atoms with Crippen molar-refractivity contribution in [3.63, 3.8) is 0 Å². The molecule has 0 amide bonds. The van der Waals surface area contributed by atoms with Gasteiger partial charge in [-0.1, -0.05) is 24.3 Å². The summed E-state index contributed by atoms with van der Waals surface area (Å²) in [6.45, 7) is 0.395. The summed E-state index contributed by atoms with van der Waals surface area (Å²) in [6.07, 6.45) is 0. The maximum absolute atomic E-state index is 13.7. The van der Waals surface area contributed by atoms with E-state index in [1.807, 2.05) is 18.2 Å². The summed E-state index contributed by atoms with van der Waals surface area (Å²) in [6, 6.07) is 11.0. The highest BCUT2D eigenvalue weighted by Crippen LogP contribution is 2.15. The van der Waals surface area contributed by atoms with Crippen LogP contribution in [0.2, 0.25) is 0 Å². The average Bonchev–Trinajstić information content (AvgIpc) is 2.50. The van der Waals surface area contributed by atoms with E-state index in [9.17, 15) is 8.78 Å². The maximum atomic E-state index is 13.7. The Hall–Kier alpha value is -2.29. The molecule has 108 valence electrons. The van der Waals surface area contributed by atoms with Crippen molar-refractivity contribution in [1.82, 2.24) is 5.32 Å². The zero-order valence-electron chi connectivity index (χ0n) is 11.2. The summed E-state index contributed by atoms with van der Waals surface area (Å²) in [5, 5.41) is 20.6. The Bertz CT molecular complexity index is 657. The van der Waals surface area contributed by atoms with Crippen LogP contribution in [0.25, 0.3) is 0 Å². The van der Waals surface area contributed by atoms with Crippen LogP contribution in [0.3, 0.4) is 0 Å². The Balaban J connectivity index is 2.02. The third-order valence-corrected chi connectivity index (χ3v) is 3.08. The number of halogens is 2. The molecular weight excluding hydrogens is 274 g/mol. The van der Waals surface area contributed by atoms with Gasteiger partial charge in [0.1, 0.15) is 11.6 Å². The smallest absolute Gasteiger partial charge is 0.131 e. The van der Waals surface area contributed by atoms with Gasteiger partial charge in [-0.25, -0.2) is 8.78 Å². The van der Waals surface area contributed by atoms with Crippen LogP contribution in [0.5, 0.6) is 0 Å². The van der Waals surface area contributed by atoms with Crippen molar-refractivity contribution >= 4 is 0 Å². The monoisotopic (exact) mass is 288 g/mol. The lowest BCUT2D eigenvalue weighted by molar-refractivity contribution is 0.281. The van der Waals surface area contributed by atoms with Gasteiger partial charge in [-0.2, -0.15) is 5.26 Å². The minimum absolute atomic E-state index is 0.0206. The predicted molar refractivity (Wildman–Crippen MR) is 74.0 cm³/mol. The lowest BCUT2D eigenvalue weighted by Gasteiger charge is -2.08. The van der Waals surface area contributed by atoms with Crippen LogP contribution in [-0.2, 0) is 19.7 Å². The molecule has 0 bridgehead atoms. The first-order chi connectivity index (χ1) is 10.1. The van der Waals surface area contributed by atoms with Crippen molar-refractivity contribution in [3.8, 4) is 6.07 Å². The molecule has 5 heteroatoms. The van der Waals surface area contributed by atoms with E-state index >= 15 is 0 Å². The lowest BCUT2D eigenvalue weighted by atomic mass is 10.1. The quantitative estimate of drug-likeness (QED) is 0.889. The molecule has 3 nitrogen and oxygen atoms in total. The van der Waals surface area contributed by atoms with Gasteiger partial charge in [-0.15, -0.1) is 0 Å². The summed E-state index contributed by atoms with van der Waals surface area (Å²) in [7, 11) is 0. The first kappa shape index (κ1) is 15.1. The van der Waals surface area contributed by atoms with Crippen molar-refractivity contribution in [1.29, 1.82) is 5.26 Å². The van der Waals surface area contributed by atoms with E-state index in [0.29, 0.717) is 6.54 Å². The van der Waals surface area contributed by atoms with Crippen molar-refractivity contribution in [3.05, 3.63) is 70.3 Å². The predicted octanol–water partition coefficient (Wildman–Crippen LogP) is 2.62. The van der Waals surface area contributed by atoms with E-state index in [4.69, 9.17) is 10.4 Å². The van der Waals surface area contributed by atoms with Crippen LogP contribution >= 0.6 is 0 Å². The summed E-state index contributed by atoms with van der Waals surface area (Å²) in [5.41, 5.74) is 1.57. The molecule has 0 aromatic heterocycles. The number of nitriles is 1. The highest BCUT2D eigenvalue weighted by atomic mass is 19.1. The number of hydrogen-bond acceptors (Lipinski definition) is 3. The Morgan fingerprint density at radius 1 is 1.05 bits per heavy atom. The molecule has 0 atom stereocenters. The molecule has 0 spiro atoms. The first-order valence-corrected chi connectivity index (χ1v) is 6.41. The molecule has 0 radical (unpaired) electrons. The van der Waals surface area contributed by atoms with Crippen LogP contribution in [-0.4, -0.2) is 5.11 Å². The number of nitrogens with one attached hydrogen (secondary N) is 1. The van der Waals surface area contributed by atoms with E-state index in [2.05, 4.69) is 5.32 Å². The van der Waals surface area contributed by atoms with Gasteiger partial charge in [0.2, 0.25) is 0 Å². The second kappa shape index (κ2) is 6.93. The van der Waals surface area contributed by atoms with Crippen molar-refractivity contribution in [2.45, 2.75) is 19.7 Å². The number of rotatable bonds is 5. The van der Waals surface area contributed by atoms with Crippen LogP contribution in [0.15, 0.2) is 36.4 Å².